The second kappa shape index (κ2) is 8.62. The summed E-state index contributed by atoms with van der Waals surface area (Å²) in [7, 11) is 0. The zero-order valence-corrected chi connectivity index (χ0v) is 17.8. The number of benzene rings is 2. The fraction of sp³-hybridized carbons (Fsp3) is 0.167. The smallest absolute Gasteiger partial charge is 0.332 e. The van der Waals surface area contributed by atoms with Gasteiger partial charge in [-0.05, 0) is 43.3 Å². The molecule has 0 bridgehead atoms. The molecule has 166 valence electrons. The Morgan fingerprint density at radius 2 is 1.76 bits per heavy atom. The first-order valence-electron chi connectivity index (χ1n) is 10.4. The zero-order valence-electron chi connectivity index (χ0n) is 17.8. The van der Waals surface area contributed by atoms with Gasteiger partial charge in [-0.3, -0.25) is 13.9 Å². The van der Waals surface area contributed by atoms with Crippen molar-refractivity contribution in [2.75, 3.05) is 6.61 Å². The average molecular weight is 444 g/mol. The fourth-order valence-electron chi connectivity index (χ4n) is 3.72. The number of hydrogen-bond acceptors (Lipinski definition) is 7. The van der Waals surface area contributed by atoms with Crippen molar-refractivity contribution in [1.29, 1.82) is 0 Å². The van der Waals surface area contributed by atoms with Crippen LogP contribution in [0, 0.1) is 0 Å². The van der Waals surface area contributed by atoms with Gasteiger partial charge >= 0.3 is 5.69 Å². The predicted molar refractivity (Wildman–Crippen MR) is 120 cm³/mol. The molecule has 2 aromatic carbocycles. The molecule has 3 heterocycles. The lowest BCUT2D eigenvalue weighted by molar-refractivity contribution is 0.340. The minimum Gasteiger partial charge on any atom is -0.493 e. The summed E-state index contributed by atoms with van der Waals surface area (Å²) in [5.74, 6) is 1.73. The first-order valence-corrected chi connectivity index (χ1v) is 10.4. The van der Waals surface area contributed by atoms with E-state index in [1.807, 2.05) is 31.2 Å². The van der Waals surface area contributed by atoms with Gasteiger partial charge in [-0.1, -0.05) is 29.4 Å². The molecule has 0 atom stereocenters. The van der Waals surface area contributed by atoms with Crippen LogP contribution in [0.5, 0.6) is 5.75 Å². The fourth-order valence-corrected chi connectivity index (χ4v) is 3.72. The van der Waals surface area contributed by atoms with Crippen LogP contribution in [-0.4, -0.2) is 25.9 Å². The molecule has 0 aliphatic heterocycles. The molecule has 0 aliphatic carbocycles. The summed E-state index contributed by atoms with van der Waals surface area (Å²) in [5.41, 5.74) is 0.289. The van der Waals surface area contributed by atoms with Crippen molar-refractivity contribution in [2.45, 2.75) is 20.0 Å². The summed E-state index contributed by atoms with van der Waals surface area (Å²) in [5, 5.41) is 4.48. The predicted octanol–water partition coefficient (Wildman–Crippen LogP) is 3.30. The Bertz CT molecular complexity index is 1530. The Balaban J connectivity index is 1.58. The number of furan rings is 1. The van der Waals surface area contributed by atoms with E-state index in [0.29, 0.717) is 40.4 Å². The SMILES string of the molecule is CCOc1ccccc1-c1noc(Cn2c(=O)n(Cc3ccco3)c(=O)c3ccccc32)n1. The molecule has 0 N–H and O–H groups in total. The zero-order chi connectivity index (χ0) is 22.8. The standard InChI is InChI=1S/C24H20N4O5/c1-2-31-20-12-6-4-10-18(20)22-25-21(33-26-22)15-27-19-11-5-3-9-17(19)23(29)28(24(27)30)14-16-8-7-13-32-16/h3-13H,2,14-15H2,1H3. The lowest BCUT2D eigenvalue weighted by atomic mass is 10.2. The summed E-state index contributed by atoms with van der Waals surface area (Å²) in [6.07, 6.45) is 1.50. The van der Waals surface area contributed by atoms with Crippen molar-refractivity contribution in [3.05, 3.63) is 99.4 Å². The number of nitrogens with zero attached hydrogens (tertiary/aromatic N) is 4. The molecule has 0 radical (unpaired) electrons. The molecule has 0 unspecified atom stereocenters. The van der Waals surface area contributed by atoms with E-state index in [1.165, 1.54) is 10.8 Å². The van der Waals surface area contributed by atoms with Gasteiger partial charge in [-0.15, -0.1) is 0 Å². The molecule has 9 nitrogen and oxygen atoms in total. The molecule has 33 heavy (non-hydrogen) atoms. The van der Waals surface area contributed by atoms with E-state index >= 15 is 0 Å². The Kier molecular flexibility index (Phi) is 5.35. The maximum absolute atomic E-state index is 13.3. The highest BCUT2D eigenvalue weighted by Crippen LogP contribution is 2.27. The van der Waals surface area contributed by atoms with Gasteiger partial charge in [0, 0.05) is 0 Å². The molecule has 0 amide bonds. The van der Waals surface area contributed by atoms with Crippen molar-refractivity contribution < 1.29 is 13.7 Å². The van der Waals surface area contributed by atoms with Crippen LogP contribution in [0.4, 0.5) is 0 Å². The summed E-state index contributed by atoms with van der Waals surface area (Å²) >= 11 is 0. The number of para-hydroxylation sites is 2. The topological polar surface area (TPSA) is 105 Å². The number of fused-ring (bicyclic) bond motifs is 1. The van der Waals surface area contributed by atoms with Crippen LogP contribution in [0.25, 0.3) is 22.3 Å². The maximum atomic E-state index is 13.3. The molecule has 0 saturated heterocycles. The lowest BCUT2D eigenvalue weighted by Crippen LogP contribution is -2.40. The van der Waals surface area contributed by atoms with Crippen LogP contribution in [0.1, 0.15) is 18.6 Å². The molecule has 0 saturated carbocycles. The van der Waals surface area contributed by atoms with Gasteiger partial charge in [0.05, 0.1) is 35.9 Å². The van der Waals surface area contributed by atoms with Crippen LogP contribution < -0.4 is 16.0 Å². The van der Waals surface area contributed by atoms with Crippen molar-refractivity contribution in [2.24, 2.45) is 0 Å². The highest BCUT2D eigenvalue weighted by molar-refractivity contribution is 5.77. The van der Waals surface area contributed by atoms with Crippen molar-refractivity contribution in [3.63, 3.8) is 0 Å². The number of ether oxygens (including phenoxy) is 1. The van der Waals surface area contributed by atoms with Crippen molar-refractivity contribution in [3.8, 4) is 17.1 Å². The van der Waals surface area contributed by atoms with Gasteiger partial charge in [0.25, 0.3) is 5.56 Å². The van der Waals surface area contributed by atoms with Crippen LogP contribution in [0.2, 0.25) is 0 Å². The Hall–Kier alpha value is -4.40. The van der Waals surface area contributed by atoms with E-state index in [1.54, 1.807) is 36.4 Å². The largest absolute Gasteiger partial charge is 0.493 e. The molecule has 0 spiro atoms. The third kappa shape index (κ3) is 3.84. The van der Waals surface area contributed by atoms with Crippen molar-refractivity contribution >= 4 is 10.9 Å². The first-order chi connectivity index (χ1) is 16.2. The lowest BCUT2D eigenvalue weighted by Gasteiger charge is -2.12. The van der Waals surface area contributed by atoms with Gasteiger partial charge in [-0.2, -0.15) is 4.98 Å². The minimum absolute atomic E-state index is 0.00157. The van der Waals surface area contributed by atoms with Gasteiger partial charge < -0.3 is 13.7 Å². The maximum Gasteiger partial charge on any atom is 0.332 e. The molecule has 9 heteroatoms. The summed E-state index contributed by atoms with van der Waals surface area (Å²) in [6.45, 7) is 2.42. The quantitative estimate of drug-likeness (QED) is 0.379. The molecule has 5 rings (SSSR count). The Labute approximate surface area is 187 Å². The van der Waals surface area contributed by atoms with E-state index in [0.717, 1.165) is 4.57 Å². The van der Waals surface area contributed by atoms with Gasteiger partial charge in [-0.25, -0.2) is 4.79 Å². The summed E-state index contributed by atoms with van der Waals surface area (Å²) < 4.78 is 19.0. The van der Waals surface area contributed by atoms with E-state index < -0.39 is 5.69 Å². The second-order valence-electron chi connectivity index (χ2n) is 7.30. The van der Waals surface area contributed by atoms with Crippen LogP contribution >= 0.6 is 0 Å². The summed E-state index contributed by atoms with van der Waals surface area (Å²) in [6, 6.07) is 17.7. The number of aromatic nitrogens is 4. The third-order valence-corrected chi connectivity index (χ3v) is 5.22. The average Bonchev–Trinajstić information content (AvgIpc) is 3.52. The minimum atomic E-state index is -0.496. The van der Waals surface area contributed by atoms with Gasteiger partial charge in [0.15, 0.2) is 0 Å². The Morgan fingerprint density at radius 3 is 2.58 bits per heavy atom. The number of rotatable bonds is 7. The third-order valence-electron chi connectivity index (χ3n) is 5.22. The molecular weight excluding hydrogens is 424 g/mol. The molecule has 3 aromatic heterocycles. The monoisotopic (exact) mass is 444 g/mol. The van der Waals surface area contributed by atoms with Crippen LogP contribution in [0.3, 0.4) is 0 Å². The first kappa shape index (κ1) is 20.5. The van der Waals surface area contributed by atoms with Crippen LogP contribution in [0.15, 0.2) is 85.5 Å². The highest BCUT2D eigenvalue weighted by Gasteiger charge is 2.18. The molecular formula is C24H20N4O5. The summed E-state index contributed by atoms with van der Waals surface area (Å²) in [4.78, 5) is 30.8. The van der Waals surface area contributed by atoms with E-state index in [2.05, 4.69) is 10.1 Å². The number of hydrogen-bond donors (Lipinski definition) is 0. The van der Waals surface area contributed by atoms with E-state index in [9.17, 15) is 9.59 Å². The van der Waals surface area contributed by atoms with E-state index in [-0.39, 0.29) is 24.5 Å². The van der Waals surface area contributed by atoms with Crippen molar-refractivity contribution in [1.82, 2.24) is 19.3 Å². The normalized spacial score (nSPS) is 11.2. The van der Waals surface area contributed by atoms with Crippen LogP contribution in [-0.2, 0) is 13.1 Å². The van der Waals surface area contributed by atoms with Gasteiger partial charge in [0.1, 0.15) is 18.1 Å². The molecule has 5 aromatic rings. The Morgan fingerprint density at radius 1 is 0.939 bits per heavy atom. The van der Waals surface area contributed by atoms with E-state index in [4.69, 9.17) is 13.7 Å². The highest BCUT2D eigenvalue weighted by atomic mass is 16.5. The second-order valence-corrected chi connectivity index (χ2v) is 7.30. The molecule has 0 aliphatic rings. The van der Waals surface area contributed by atoms with Gasteiger partial charge in [0.2, 0.25) is 11.7 Å². The molecule has 0 fully saturated rings.